The number of para-hydroxylation sites is 1. The zero-order valence-electron chi connectivity index (χ0n) is 13.3. The highest BCUT2D eigenvalue weighted by atomic mass is 16.5. The fourth-order valence-corrected chi connectivity index (χ4v) is 2.33. The summed E-state index contributed by atoms with van der Waals surface area (Å²) in [4.78, 5) is 4.43. The number of methoxy groups -OCH3 is 1. The van der Waals surface area contributed by atoms with E-state index in [0.29, 0.717) is 0 Å². The maximum atomic E-state index is 9.54. The first-order valence-corrected chi connectivity index (χ1v) is 7.19. The van der Waals surface area contributed by atoms with Crippen molar-refractivity contribution < 1.29 is 9.84 Å². The van der Waals surface area contributed by atoms with E-state index in [4.69, 9.17) is 4.74 Å². The summed E-state index contributed by atoms with van der Waals surface area (Å²) in [7, 11) is 5.83. The Bertz CT molecular complexity index is 398. The second kappa shape index (κ2) is 8.25. The van der Waals surface area contributed by atoms with Crippen molar-refractivity contribution in [2.75, 3.05) is 40.9 Å². The van der Waals surface area contributed by atoms with Crippen LogP contribution < -0.4 is 4.74 Å². The van der Waals surface area contributed by atoms with Crippen LogP contribution in [0.4, 0.5) is 0 Å². The minimum atomic E-state index is 0.155. The monoisotopic (exact) mass is 280 g/mol. The Balaban J connectivity index is 2.78. The molecular formula is C16H28N2O2. The van der Waals surface area contributed by atoms with Crippen LogP contribution in [0.2, 0.25) is 0 Å². The molecule has 0 bridgehead atoms. The molecule has 0 amide bonds. The number of hydrogen-bond donors (Lipinski definition) is 1. The topological polar surface area (TPSA) is 35.9 Å². The normalized spacial score (nSPS) is 14.6. The fraction of sp³-hybridized carbons (Fsp3) is 0.625. The number of hydrogen-bond acceptors (Lipinski definition) is 4. The molecule has 0 aliphatic heterocycles. The fourth-order valence-electron chi connectivity index (χ4n) is 2.33. The summed E-state index contributed by atoms with van der Waals surface area (Å²) in [6.45, 7) is 6.19. The van der Waals surface area contributed by atoms with E-state index in [1.165, 1.54) is 5.56 Å². The third-order valence-electron chi connectivity index (χ3n) is 4.08. The summed E-state index contributed by atoms with van der Waals surface area (Å²) in [6, 6.07) is 8.49. The molecule has 4 heteroatoms. The summed E-state index contributed by atoms with van der Waals surface area (Å²) in [5.41, 5.74) is 1.17. The molecule has 20 heavy (non-hydrogen) atoms. The molecule has 1 N–H and O–H groups in total. The summed E-state index contributed by atoms with van der Waals surface area (Å²) in [5.74, 6) is 0.913. The van der Waals surface area contributed by atoms with Gasteiger partial charge in [-0.1, -0.05) is 25.1 Å². The van der Waals surface area contributed by atoms with Gasteiger partial charge in [0, 0.05) is 24.2 Å². The Hall–Kier alpha value is -1.10. The first kappa shape index (κ1) is 17.0. The molecule has 4 nitrogen and oxygen atoms in total. The van der Waals surface area contributed by atoms with Crippen molar-refractivity contribution in [2.45, 2.75) is 25.9 Å². The molecule has 2 atom stereocenters. The lowest BCUT2D eigenvalue weighted by molar-refractivity contribution is 0.104. The summed E-state index contributed by atoms with van der Waals surface area (Å²) in [6.07, 6.45) is 0. The van der Waals surface area contributed by atoms with E-state index in [-0.39, 0.29) is 18.7 Å². The smallest absolute Gasteiger partial charge is 0.123 e. The second-order valence-electron chi connectivity index (χ2n) is 5.27. The minimum Gasteiger partial charge on any atom is -0.496 e. The van der Waals surface area contributed by atoms with Crippen LogP contribution >= 0.6 is 0 Å². The SMILES string of the molecule is CCN(C)[C@H](CO)CN(C)[C@@H](C)c1ccccc1OC. The van der Waals surface area contributed by atoms with Crippen LogP contribution in [0.15, 0.2) is 24.3 Å². The van der Waals surface area contributed by atoms with Gasteiger partial charge in [0.15, 0.2) is 0 Å². The summed E-state index contributed by atoms with van der Waals surface area (Å²) in [5, 5.41) is 9.54. The van der Waals surface area contributed by atoms with Gasteiger partial charge in [0.25, 0.3) is 0 Å². The van der Waals surface area contributed by atoms with Gasteiger partial charge < -0.3 is 14.7 Å². The van der Waals surface area contributed by atoms with Crippen molar-refractivity contribution in [3.63, 3.8) is 0 Å². The van der Waals surface area contributed by atoms with Crippen molar-refractivity contribution in [1.82, 2.24) is 9.80 Å². The molecule has 0 fully saturated rings. The van der Waals surface area contributed by atoms with Crippen LogP contribution in [0.3, 0.4) is 0 Å². The number of nitrogens with zero attached hydrogens (tertiary/aromatic N) is 2. The Kier molecular flexibility index (Phi) is 6.99. The van der Waals surface area contributed by atoms with Crippen molar-refractivity contribution in [3.8, 4) is 5.75 Å². The zero-order valence-corrected chi connectivity index (χ0v) is 13.3. The molecule has 1 rings (SSSR count). The van der Waals surface area contributed by atoms with Gasteiger partial charge in [-0.15, -0.1) is 0 Å². The van der Waals surface area contributed by atoms with Gasteiger partial charge in [0.1, 0.15) is 5.75 Å². The van der Waals surface area contributed by atoms with Gasteiger partial charge in [-0.05, 0) is 33.6 Å². The largest absolute Gasteiger partial charge is 0.496 e. The average molecular weight is 280 g/mol. The molecule has 0 aliphatic rings. The number of aliphatic hydroxyl groups excluding tert-OH is 1. The highest BCUT2D eigenvalue weighted by Gasteiger charge is 2.20. The van der Waals surface area contributed by atoms with Gasteiger partial charge in [0.2, 0.25) is 0 Å². The lowest BCUT2D eigenvalue weighted by Gasteiger charge is -2.33. The van der Waals surface area contributed by atoms with Gasteiger partial charge in [-0.2, -0.15) is 0 Å². The quantitative estimate of drug-likeness (QED) is 0.790. The number of aliphatic hydroxyl groups is 1. The van der Waals surface area contributed by atoms with Crippen LogP contribution in [0.1, 0.15) is 25.5 Å². The second-order valence-corrected chi connectivity index (χ2v) is 5.27. The molecule has 1 aromatic rings. The lowest BCUT2D eigenvalue weighted by Crippen LogP contribution is -2.43. The predicted molar refractivity (Wildman–Crippen MR) is 83.2 cm³/mol. The standard InChI is InChI=1S/C16H28N2O2/c1-6-17(3)14(12-19)11-18(4)13(2)15-9-7-8-10-16(15)20-5/h7-10,13-14,19H,6,11-12H2,1-5H3/t13-,14-/m0/s1. The number of ether oxygens (including phenoxy) is 1. The van der Waals surface area contributed by atoms with Crippen LogP contribution in [-0.2, 0) is 0 Å². The van der Waals surface area contributed by atoms with Gasteiger partial charge in [-0.25, -0.2) is 0 Å². The molecule has 0 aliphatic carbocycles. The Morgan fingerprint density at radius 2 is 1.85 bits per heavy atom. The number of benzene rings is 1. The average Bonchev–Trinajstić information content (AvgIpc) is 2.50. The Morgan fingerprint density at radius 1 is 1.20 bits per heavy atom. The first-order chi connectivity index (χ1) is 9.54. The van der Waals surface area contributed by atoms with E-state index in [2.05, 4.69) is 36.8 Å². The highest BCUT2D eigenvalue weighted by molar-refractivity contribution is 5.35. The Labute approximate surface area is 123 Å². The van der Waals surface area contributed by atoms with Crippen LogP contribution in [0.25, 0.3) is 0 Å². The first-order valence-electron chi connectivity index (χ1n) is 7.19. The minimum absolute atomic E-state index is 0.155. The predicted octanol–water partition coefficient (Wildman–Crippen LogP) is 2.00. The number of likely N-dealkylation sites (N-methyl/N-ethyl adjacent to an activating group) is 2. The molecule has 0 saturated carbocycles. The molecule has 114 valence electrons. The van der Waals surface area contributed by atoms with E-state index in [1.54, 1.807) is 7.11 Å². The summed E-state index contributed by atoms with van der Waals surface area (Å²) < 4.78 is 5.43. The third kappa shape index (κ3) is 4.20. The van der Waals surface area contributed by atoms with Crippen LogP contribution in [-0.4, -0.2) is 61.8 Å². The van der Waals surface area contributed by atoms with E-state index >= 15 is 0 Å². The number of rotatable bonds is 8. The van der Waals surface area contributed by atoms with Crippen LogP contribution in [0, 0.1) is 0 Å². The van der Waals surface area contributed by atoms with Gasteiger partial charge >= 0.3 is 0 Å². The molecule has 0 spiro atoms. The van der Waals surface area contributed by atoms with E-state index in [1.807, 2.05) is 25.2 Å². The maximum Gasteiger partial charge on any atom is 0.123 e. The van der Waals surface area contributed by atoms with Crippen molar-refractivity contribution >= 4 is 0 Å². The Morgan fingerprint density at radius 3 is 2.40 bits per heavy atom. The molecule has 0 radical (unpaired) electrons. The van der Waals surface area contributed by atoms with E-state index in [9.17, 15) is 5.11 Å². The third-order valence-corrected chi connectivity index (χ3v) is 4.08. The lowest BCUT2D eigenvalue weighted by atomic mass is 10.1. The molecule has 0 unspecified atom stereocenters. The highest BCUT2D eigenvalue weighted by Crippen LogP contribution is 2.28. The van der Waals surface area contributed by atoms with Crippen molar-refractivity contribution in [2.24, 2.45) is 0 Å². The molecule has 0 saturated heterocycles. The van der Waals surface area contributed by atoms with Crippen molar-refractivity contribution in [1.29, 1.82) is 0 Å². The van der Waals surface area contributed by atoms with Crippen LogP contribution in [0.5, 0.6) is 5.75 Å². The molecule has 0 aromatic heterocycles. The summed E-state index contributed by atoms with van der Waals surface area (Å²) >= 11 is 0. The molecule has 0 heterocycles. The zero-order chi connectivity index (χ0) is 15.1. The van der Waals surface area contributed by atoms with Gasteiger partial charge in [0.05, 0.1) is 13.7 Å². The van der Waals surface area contributed by atoms with Crippen molar-refractivity contribution in [3.05, 3.63) is 29.8 Å². The van der Waals surface area contributed by atoms with E-state index in [0.717, 1.165) is 18.8 Å². The maximum absolute atomic E-state index is 9.54. The molecule has 1 aromatic carbocycles. The molecular weight excluding hydrogens is 252 g/mol. The van der Waals surface area contributed by atoms with Gasteiger partial charge in [-0.3, -0.25) is 4.90 Å². The van der Waals surface area contributed by atoms with E-state index < -0.39 is 0 Å².